The van der Waals surface area contributed by atoms with Crippen LogP contribution in [-0.4, -0.2) is 33.4 Å². The van der Waals surface area contributed by atoms with Crippen molar-refractivity contribution < 1.29 is 45.5 Å². The van der Waals surface area contributed by atoms with Crippen LogP contribution in [0.3, 0.4) is 0 Å². The maximum absolute atomic E-state index is 2.50. The van der Waals surface area contributed by atoms with Gasteiger partial charge in [0.25, 0.3) is 0 Å². The molecule has 0 amide bonds. The van der Waals surface area contributed by atoms with Gasteiger partial charge in [0, 0.05) is 0 Å². The van der Waals surface area contributed by atoms with E-state index < -0.39 is 0 Å². The summed E-state index contributed by atoms with van der Waals surface area (Å²) in [5.41, 5.74) is 10.5. The summed E-state index contributed by atoms with van der Waals surface area (Å²) in [5.74, 6) is 0. The molecule has 2 heterocycles. The Bertz CT molecular complexity index is 1940. The Kier molecular flexibility index (Phi) is 17.7. The van der Waals surface area contributed by atoms with E-state index in [-0.39, 0.29) is 62.3 Å². The first-order chi connectivity index (χ1) is 25.5. The third-order valence-corrected chi connectivity index (χ3v) is 15.3. The molecule has 0 aliphatic heterocycles. The van der Waals surface area contributed by atoms with Gasteiger partial charge in [-0.2, -0.15) is 0 Å². The number of nitrogens with zero attached hydrogens (tertiary/aromatic N) is 4. The fourth-order valence-electron chi connectivity index (χ4n) is 7.49. The minimum absolute atomic E-state index is 0. The third kappa shape index (κ3) is 12.7. The molecule has 6 aromatic rings. The van der Waals surface area contributed by atoms with Crippen molar-refractivity contribution >= 4 is 40.2 Å². The third-order valence-electron chi connectivity index (χ3n) is 9.63. The van der Waals surface area contributed by atoms with Gasteiger partial charge in [0.15, 0.2) is 0 Å². The molecule has 294 valence electrons. The molecule has 2 radical (unpaired) electrons. The molecule has 56 heavy (non-hydrogen) atoms. The summed E-state index contributed by atoms with van der Waals surface area (Å²) in [5, 5.41) is 3.41. The van der Waals surface area contributed by atoms with Crippen LogP contribution in [0.2, 0.25) is 0 Å². The lowest BCUT2D eigenvalue weighted by Crippen LogP contribution is -3.00. The number of halogens is 2. The van der Waals surface area contributed by atoms with Gasteiger partial charge in [-0.3, -0.25) is 0 Å². The predicted octanol–water partition coefficient (Wildman–Crippen LogP) is 3.75. The average Bonchev–Trinajstić information content (AvgIpc) is 3.74. The van der Waals surface area contributed by atoms with Crippen LogP contribution in [-0.2, 0) is 12.9 Å². The maximum atomic E-state index is 2.50. The van der Waals surface area contributed by atoms with Crippen molar-refractivity contribution in [1.82, 2.24) is 9.13 Å². The van der Waals surface area contributed by atoms with Crippen molar-refractivity contribution in [2.75, 3.05) is 0 Å². The topological polar surface area (TPSA) is 17.6 Å². The van der Waals surface area contributed by atoms with E-state index in [1.807, 2.05) is 0 Å². The Hall–Kier alpha value is -2.69. The molecule has 10 heteroatoms. The molecular weight excluding hydrogens is 854 g/mol. The molecule has 0 fully saturated rings. The highest BCUT2D eigenvalue weighted by Crippen LogP contribution is 2.47. The lowest BCUT2D eigenvalue weighted by Gasteiger charge is -2.31. The molecule has 0 N–H and O–H groups in total. The van der Waals surface area contributed by atoms with E-state index in [1.165, 1.54) is 55.4 Å². The van der Waals surface area contributed by atoms with E-state index in [1.54, 1.807) is 0 Å². The second-order valence-electron chi connectivity index (χ2n) is 16.6. The highest BCUT2D eigenvalue weighted by Gasteiger charge is 2.28. The van der Waals surface area contributed by atoms with Crippen LogP contribution in [0, 0.1) is 41.5 Å². The Morgan fingerprint density at radius 2 is 0.821 bits per heavy atom. The minimum Gasteiger partial charge on any atom is -1.00 e. The zero-order valence-electron chi connectivity index (χ0n) is 35.6. The summed E-state index contributed by atoms with van der Waals surface area (Å²) < 4.78 is 9.06. The molecule has 0 aliphatic carbocycles. The van der Waals surface area contributed by atoms with Crippen LogP contribution in [0.4, 0.5) is 0 Å². The highest BCUT2D eigenvalue weighted by molar-refractivity contribution is 7.93. The molecule has 4 nitrogen and oxygen atoms in total. The van der Waals surface area contributed by atoms with Crippen LogP contribution in [0.15, 0.2) is 122 Å². The predicted molar refractivity (Wildman–Crippen MR) is 237 cm³/mol. The van der Waals surface area contributed by atoms with Crippen molar-refractivity contribution in [2.45, 2.75) is 106 Å². The summed E-state index contributed by atoms with van der Waals surface area (Å²) in [6.07, 6.45) is 15.0. The van der Waals surface area contributed by atoms with Gasteiger partial charge in [-0.25, -0.2) is 18.3 Å². The van der Waals surface area contributed by atoms with Gasteiger partial charge in [0.1, 0.15) is 36.2 Å². The smallest absolute Gasteiger partial charge is 0.248 e. The molecule has 4 aromatic carbocycles. The molecule has 6 rings (SSSR count). The SMILES string of the molecule is Cc1cc(C)c(-n2cc[n+](C[B]P(c3ccccc3)C(C)(C)C)c2)c(C)c1.Cc1cc(C)c(-n2cc[n+](C[B]P(c3ccccc3)C(C)(C)C)c2)c(C)c1.[Cl-].[I-]. The van der Waals surface area contributed by atoms with Gasteiger partial charge in [0.05, 0.1) is 12.9 Å². The van der Waals surface area contributed by atoms with Crippen LogP contribution in [0.5, 0.6) is 0 Å². The van der Waals surface area contributed by atoms with Gasteiger partial charge in [0.2, 0.25) is 26.7 Å². The highest BCUT2D eigenvalue weighted by atomic mass is 127. The first-order valence-corrected chi connectivity index (χ1v) is 22.0. The second kappa shape index (κ2) is 20.8. The van der Waals surface area contributed by atoms with Gasteiger partial charge in [-0.1, -0.05) is 138 Å². The first-order valence-electron chi connectivity index (χ1n) is 19.2. The van der Waals surface area contributed by atoms with Crippen LogP contribution in [0.1, 0.15) is 74.9 Å². The molecular formula is C46H60B2ClIN4P2. The fourth-order valence-corrected chi connectivity index (χ4v) is 12.2. The molecule has 2 aromatic heterocycles. The molecule has 0 aliphatic rings. The largest absolute Gasteiger partial charge is 1.00 e. The summed E-state index contributed by atoms with van der Waals surface area (Å²) in [6.45, 7) is 32.2. The van der Waals surface area contributed by atoms with Crippen molar-refractivity contribution in [2.24, 2.45) is 0 Å². The van der Waals surface area contributed by atoms with Gasteiger partial charge >= 0.3 is 0 Å². The summed E-state index contributed by atoms with van der Waals surface area (Å²) in [4.78, 5) is 0. The lowest BCUT2D eigenvalue weighted by molar-refractivity contribution is -0.678. The van der Waals surface area contributed by atoms with Crippen LogP contribution < -0.4 is 56.1 Å². The van der Waals surface area contributed by atoms with Gasteiger partial charge in [-0.15, -0.1) is 15.6 Å². The van der Waals surface area contributed by atoms with Crippen molar-refractivity contribution in [3.8, 4) is 11.4 Å². The monoisotopic (exact) mass is 914 g/mol. The number of aryl methyl sites for hydroxylation is 6. The number of aromatic nitrogens is 4. The van der Waals surface area contributed by atoms with Gasteiger partial charge in [-0.05, 0) is 84.7 Å². The molecule has 0 saturated heterocycles. The van der Waals surface area contributed by atoms with E-state index in [2.05, 4.69) is 238 Å². The Labute approximate surface area is 365 Å². The average molecular weight is 915 g/mol. The zero-order valence-corrected chi connectivity index (χ0v) is 40.3. The minimum atomic E-state index is -0.337. The number of rotatable bonds is 10. The molecule has 0 saturated carbocycles. The summed E-state index contributed by atoms with van der Waals surface area (Å²) in [6, 6.07) is 30.9. The van der Waals surface area contributed by atoms with E-state index in [4.69, 9.17) is 0 Å². The number of imidazole rings is 2. The number of hydrogen-bond acceptors (Lipinski definition) is 0. The summed E-state index contributed by atoms with van der Waals surface area (Å²) >= 11 is 0. The molecule has 2 atom stereocenters. The van der Waals surface area contributed by atoms with Gasteiger partial charge < -0.3 is 36.4 Å². The van der Waals surface area contributed by atoms with Crippen molar-refractivity contribution in [1.29, 1.82) is 0 Å². The Morgan fingerprint density at radius 3 is 1.11 bits per heavy atom. The second-order valence-corrected chi connectivity index (χ2v) is 22.6. The Morgan fingerprint density at radius 1 is 0.518 bits per heavy atom. The van der Waals surface area contributed by atoms with E-state index in [9.17, 15) is 0 Å². The quantitative estimate of drug-likeness (QED) is 0.0865. The van der Waals surface area contributed by atoms with E-state index in [0.29, 0.717) is 0 Å². The first kappa shape index (κ1) is 47.7. The van der Waals surface area contributed by atoms with E-state index in [0.717, 1.165) is 12.9 Å². The fraction of sp³-hybridized carbons (Fsp3) is 0.348. The lowest BCUT2D eigenvalue weighted by atomic mass is 10.1. The summed E-state index contributed by atoms with van der Waals surface area (Å²) in [7, 11) is -0.675. The van der Waals surface area contributed by atoms with Crippen molar-refractivity contribution in [3.63, 3.8) is 0 Å². The standard InChI is InChI=1S/2C23H30BN2P.ClH.HI/c2*1-18-14-19(2)22(20(3)15-18)26-13-12-25(17-26)16-24-27(23(4,5)6)21-10-8-7-9-11-21;;/h2*7-15,17H,16H2,1-6H3;2*1H/q2*+1;;/p-2. The Balaban J connectivity index is 0.000000290. The van der Waals surface area contributed by atoms with E-state index >= 15 is 0 Å². The maximum Gasteiger partial charge on any atom is 0.248 e. The molecule has 0 spiro atoms. The van der Waals surface area contributed by atoms with Crippen LogP contribution in [0.25, 0.3) is 11.4 Å². The van der Waals surface area contributed by atoms with Crippen molar-refractivity contribution in [3.05, 3.63) is 156 Å². The van der Waals surface area contributed by atoms with Crippen LogP contribution >= 0.6 is 15.6 Å². The molecule has 2 unspecified atom stereocenters. The number of benzene rings is 4. The number of hydrogen-bond donors (Lipinski definition) is 0. The molecule has 0 bridgehead atoms. The zero-order chi connectivity index (χ0) is 39.2. The normalized spacial score (nSPS) is 12.4.